The van der Waals surface area contributed by atoms with Crippen molar-refractivity contribution < 1.29 is 23.4 Å². The zero-order chi connectivity index (χ0) is 29.5. The van der Waals surface area contributed by atoms with Gasteiger partial charge in [0.05, 0.1) is 16.4 Å². The Balaban J connectivity index is 1.81. The summed E-state index contributed by atoms with van der Waals surface area (Å²) >= 11 is 2.28. The Hall–Kier alpha value is -1.10. The fraction of sp³-hybridized carbons (Fsp3) is 0.750. The maximum atomic E-state index is 14.7. The van der Waals surface area contributed by atoms with E-state index in [4.69, 9.17) is 19.2 Å². The largest absolute Gasteiger partial charge is 0.464 e. The molecule has 1 fully saturated rings. The molecule has 1 atom stereocenters. The minimum Gasteiger partial charge on any atom is -0.464 e. The van der Waals surface area contributed by atoms with Crippen molar-refractivity contribution >= 4 is 56.2 Å². The Labute approximate surface area is 254 Å². The molecule has 0 bridgehead atoms. The maximum absolute atomic E-state index is 14.7. The standard InChI is InChI=1S/C28H48FIN4O4Si2/c1-8-38-28(35)26(29)22-11-9-21(10-12-22)24-17-25(34-27(32-24)23(30)18-31-34)33(19-36-13-15-39(2,3)4)20-37-14-16-40(5,6)7/h17-18,21-22,26H,8-16,19-20H2,1-7H3. The second kappa shape index (κ2) is 14.9. The minimum absolute atomic E-state index is 0.183. The number of ether oxygens (including phenoxy) is 3. The summed E-state index contributed by atoms with van der Waals surface area (Å²) in [6, 6.07) is 4.29. The van der Waals surface area contributed by atoms with Crippen molar-refractivity contribution in [3.05, 3.63) is 21.5 Å². The van der Waals surface area contributed by atoms with Crippen LogP contribution in [0.25, 0.3) is 5.65 Å². The van der Waals surface area contributed by atoms with Crippen LogP contribution < -0.4 is 4.90 Å². The summed E-state index contributed by atoms with van der Waals surface area (Å²) in [5.41, 5.74) is 1.78. The predicted molar refractivity (Wildman–Crippen MR) is 172 cm³/mol. The predicted octanol–water partition coefficient (Wildman–Crippen LogP) is 6.94. The highest BCUT2D eigenvalue weighted by Gasteiger charge is 2.34. The fourth-order valence-electron chi connectivity index (χ4n) is 4.77. The van der Waals surface area contributed by atoms with Gasteiger partial charge in [-0.15, -0.1) is 0 Å². The molecule has 1 aliphatic carbocycles. The molecule has 2 aromatic heterocycles. The number of hydrogen-bond donors (Lipinski definition) is 0. The maximum Gasteiger partial charge on any atom is 0.341 e. The van der Waals surface area contributed by atoms with Gasteiger partial charge in [-0.25, -0.2) is 14.2 Å². The summed E-state index contributed by atoms with van der Waals surface area (Å²) in [7, 11) is -2.43. The molecule has 2 aromatic rings. The van der Waals surface area contributed by atoms with Crippen LogP contribution in [-0.2, 0) is 19.0 Å². The molecule has 40 heavy (non-hydrogen) atoms. The van der Waals surface area contributed by atoms with E-state index in [1.165, 1.54) is 0 Å². The number of esters is 1. The van der Waals surface area contributed by atoms with Gasteiger partial charge in [-0.1, -0.05) is 39.3 Å². The van der Waals surface area contributed by atoms with E-state index >= 15 is 0 Å². The van der Waals surface area contributed by atoms with Crippen LogP contribution in [0.4, 0.5) is 10.2 Å². The van der Waals surface area contributed by atoms with E-state index in [2.05, 4.69) is 77.9 Å². The van der Waals surface area contributed by atoms with Crippen LogP contribution >= 0.6 is 22.6 Å². The van der Waals surface area contributed by atoms with Crippen LogP contribution in [0.15, 0.2) is 12.3 Å². The third-order valence-electron chi connectivity index (χ3n) is 7.36. The zero-order valence-electron chi connectivity index (χ0n) is 25.3. The zero-order valence-corrected chi connectivity index (χ0v) is 29.5. The van der Waals surface area contributed by atoms with E-state index in [1.54, 1.807) is 6.92 Å². The number of alkyl halides is 1. The number of fused-ring (bicyclic) bond motifs is 1. The van der Waals surface area contributed by atoms with Crippen LogP contribution in [-0.4, -0.2) is 76.2 Å². The van der Waals surface area contributed by atoms with E-state index in [0.29, 0.717) is 39.5 Å². The van der Waals surface area contributed by atoms with Crippen LogP contribution in [0, 0.1) is 9.49 Å². The highest BCUT2D eigenvalue weighted by atomic mass is 127. The lowest BCUT2D eigenvalue weighted by molar-refractivity contribution is -0.151. The smallest absolute Gasteiger partial charge is 0.341 e. The number of nitrogens with zero attached hydrogens (tertiary/aromatic N) is 4. The van der Waals surface area contributed by atoms with E-state index in [1.807, 2.05) is 10.7 Å². The molecular formula is C28H48FIN4O4Si2. The fourth-order valence-corrected chi connectivity index (χ4v) is 6.76. The molecule has 0 aliphatic heterocycles. The number of aromatic nitrogens is 3. The number of hydrogen-bond acceptors (Lipinski definition) is 7. The van der Waals surface area contributed by atoms with E-state index in [0.717, 1.165) is 45.7 Å². The Bertz CT molecular complexity index is 1080. The third-order valence-corrected chi connectivity index (χ3v) is 11.5. The van der Waals surface area contributed by atoms with Gasteiger partial charge in [0, 0.05) is 53.0 Å². The monoisotopic (exact) mass is 706 g/mol. The number of anilines is 1. The first-order valence-corrected chi connectivity index (χ1v) is 23.0. The highest BCUT2D eigenvalue weighted by Crippen LogP contribution is 2.39. The first-order chi connectivity index (χ1) is 18.8. The molecule has 0 spiro atoms. The molecule has 0 radical (unpaired) electrons. The number of rotatable bonds is 15. The van der Waals surface area contributed by atoms with E-state index in [-0.39, 0.29) is 18.4 Å². The van der Waals surface area contributed by atoms with Crippen LogP contribution in [0.2, 0.25) is 51.4 Å². The Morgan fingerprint density at radius 1 is 1.07 bits per heavy atom. The van der Waals surface area contributed by atoms with Crippen LogP contribution in [0.1, 0.15) is 44.2 Å². The molecule has 1 unspecified atom stereocenters. The van der Waals surface area contributed by atoms with Crippen molar-refractivity contribution in [1.82, 2.24) is 14.6 Å². The van der Waals surface area contributed by atoms with Gasteiger partial charge in [0.1, 0.15) is 19.3 Å². The van der Waals surface area contributed by atoms with E-state index < -0.39 is 28.3 Å². The summed E-state index contributed by atoms with van der Waals surface area (Å²) < 4.78 is 34.8. The average Bonchev–Trinajstić information content (AvgIpc) is 3.26. The summed E-state index contributed by atoms with van der Waals surface area (Å²) in [5, 5.41) is 4.64. The lowest BCUT2D eigenvalue weighted by Gasteiger charge is -2.31. The van der Waals surface area contributed by atoms with Gasteiger partial charge in [-0.2, -0.15) is 9.61 Å². The SMILES string of the molecule is CCOC(=O)C(F)C1CCC(c2cc(N(COCC[Si](C)(C)C)COCC[Si](C)(C)C)n3ncc(I)c3n2)CC1. The quantitative estimate of drug-likeness (QED) is 0.0653. The van der Waals surface area contributed by atoms with Crippen molar-refractivity contribution in [3.8, 4) is 0 Å². The molecule has 8 nitrogen and oxygen atoms in total. The van der Waals surface area contributed by atoms with Crippen LogP contribution in [0.3, 0.4) is 0 Å². The summed E-state index contributed by atoms with van der Waals surface area (Å²) in [5.74, 6) is 0.0358. The molecule has 1 aliphatic rings. The Kier molecular flexibility index (Phi) is 12.4. The normalized spacial score (nSPS) is 19.1. The summed E-state index contributed by atoms with van der Waals surface area (Å²) in [6.45, 7) is 18.3. The van der Waals surface area contributed by atoms with Gasteiger partial charge >= 0.3 is 5.97 Å². The molecule has 3 rings (SSSR count). The molecule has 0 amide bonds. The third kappa shape index (κ3) is 10.0. The first-order valence-electron chi connectivity index (χ1n) is 14.5. The average molecular weight is 707 g/mol. The van der Waals surface area contributed by atoms with Crippen molar-refractivity contribution in [3.63, 3.8) is 0 Å². The number of halogens is 2. The Morgan fingerprint density at radius 3 is 2.17 bits per heavy atom. The van der Waals surface area contributed by atoms with E-state index in [9.17, 15) is 9.18 Å². The lowest BCUT2D eigenvalue weighted by atomic mass is 9.78. The van der Waals surface area contributed by atoms with Gasteiger partial charge in [0.25, 0.3) is 0 Å². The Morgan fingerprint density at radius 2 is 1.65 bits per heavy atom. The van der Waals surface area contributed by atoms with Gasteiger partial charge in [-0.3, -0.25) is 0 Å². The van der Waals surface area contributed by atoms with Gasteiger partial charge in [0.15, 0.2) is 11.8 Å². The lowest BCUT2D eigenvalue weighted by Crippen LogP contribution is -2.33. The molecule has 226 valence electrons. The van der Waals surface area contributed by atoms with Crippen molar-refractivity contribution in [1.29, 1.82) is 0 Å². The molecular weight excluding hydrogens is 658 g/mol. The minimum atomic E-state index is -1.56. The molecule has 2 heterocycles. The van der Waals surface area contributed by atoms with Crippen molar-refractivity contribution in [2.45, 2.75) is 96.1 Å². The van der Waals surface area contributed by atoms with Crippen molar-refractivity contribution in [2.75, 3.05) is 38.2 Å². The second-order valence-electron chi connectivity index (χ2n) is 13.3. The first kappa shape index (κ1) is 33.4. The highest BCUT2D eigenvalue weighted by molar-refractivity contribution is 14.1. The van der Waals surface area contributed by atoms with Gasteiger partial charge < -0.3 is 19.1 Å². The molecule has 12 heteroatoms. The van der Waals surface area contributed by atoms with Gasteiger partial charge in [0.2, 0.25) is 0 Å². The van der Waals surface area contributed by atoms with Crippen LogP contribution in [0.5, 0.6) is 0 Å². The molecule has 0 saturated heterocycles. The summed E-state index contributed by atoms with van der Waals surface area (Å²) in [6.07, 6.45) is 3.09. The number of carbonyl (C=O) groups is 1. The summed E-state index contributed by atoms with van der Waals surface area (Å²) in [4.78, 5) is 19.1. The second-order valence-corrected chi connectivity index (χ2v) is 25.7. The molecule has 0 N–H and O–H groups in total. The molecule has 1 saturated carbocycles. The topological polar surface area (TPSA) is 78.2 Å². The molecule has 0 aromatic carbocycles. The van der Waals surface area contributed by atoms with Gasteiger partial charge in [-0.05, 0) is 67.3 Å². The number of carbonyl (C=O) groups excluding carboxylic acids is 1. The van der Waals surface area contributed by atoms with Crippen molar-refractivity contribution in [2.24, 2.45) is 5.92 Å².